The fourth-order valence-electron chi connectivity index (χ4n) is 2.18. The van der Waals surface area contributed by atoms with E-state index in [9.17, 15) is 8.42 Å². The van der Waals surface area contributed by atoms with E-state index < -0.39 is 10.2 Å². The van der Waals surface area contributed by atoms with Crippen molar-refractivity contribution in [1.82, 2.24) is 9.29 Å². The summed E-state index contributed by atoms with van der Waals surface area (Å²) in [4.78, 5) is 4.20. The van der Waals surface area contributed by atoms with E-state index >= 15 is 0 Å². The zero-order valence-corrected chi connectivity index (χ0v) is 13.7. The molecule has 112 valence electrons. The molecule has 0 aliphatic carbocycles. The number of nitrogens with zero attached hydrogens (tertiary/aromatic N) is 2. The highest BCUT2D eigenvalue weighted by Crippen LogP contribution is 2.21. The molecular formula is C12H19BrN4O2S. The van der Waals surface area contributed by atoms with Gasteiger partial charge in [-0.05, 0) is 60.3 Å². The van der Waals surface area contributed by atoms with E-state index in [2.05, 4.69) is 25.6 Å². The SMILES string of the molecule is Cc1nc(NS(=O)(=O)N2CCC(CN)CC2)ccc1Br. The largest absolute Gasteiger partial charge is 0.330 e. The predicted molar refractivity (Wildman–Crippen MR) is 82.6 cm³/mol. The van der Waals surface area contributed by atoms with Crippen molar-refractivity contribution in [2.24, 2.45) is 11.7 Å². The van der Waals surface area contributed by atoms with Gasteiger partial charge in [-0.2, -0.15) is 12.7 Å². The number of aryl methyl sites for hydroxylation is 1. The zero-order valence-electron chi connectivity index (χ0n) is 11.3. The lowest BCUT2D eigenvalue weighted by Gasteiger charge is -2.30. The van der Waals surface area contributed by atoms with E-state index in [1.807, 2.05) is 6.92 Å². The molecule has 0 atom stereocenters. The molecule has 2 heterocycles. The van der Waals surface area contributed by atoms with Crippen LogP contribution in [0, 0.1) is 12.8 Å². The van der Waals surface area contributed by atoms with Crippen LogP contribution in [0.2, 0.25) is 0 Å². The van der Waals surface area contributed by atoms with Crippen LogP contribution in [0.5, 0.6) is 0 Å². The Morgan fingerprint density at radius 1 is 1.45 bits per heavy atom. The summed E-state index contributed by atoms with van der Waals surface area (Å²) in [6.45, 7) is 3.45. The van der Waals surface area contributed by atoms with Gasteiger partial charge in [0.05, 0.1) is 5.69 Å². The Balaban J connectivity index is 2.05. The van der Waals surface area contributed by atoms with E-state index in [0.29, 0.717) is 31.4 Å². The molecule has 1 aliphatic rings. The Hall–Kier alpha value is -0.700. The lowest BCUT2D eigenvalue weighted by Crippen LogP contribution is -2.42. The van der Waals surface area contributed by atoms with Gasteiger partial charge in [0.25, 0.3) is 0 Å². The molecule has 6 nitrogen and oxygen atoms in total. The van der Waals surface area contributed by atoms with Crippen LogP contribution in [0.4, 0.5) is 5.82 Å². The molecule has 0 radical (unpaired) electrons. The highest BCUT2D eigenvalue weighted by Gasteiger charge is 2.27. The summed E-state index contributed by atoms with van der Waals surface area (Å²) in [5.74, 6) is 0.765. The van der Waals surface area contributed by atoms with E-state index in [1.54, 1.807) is 12.1 Å². The fraction of sp³-hybridized carbons (Fsp3) is 0.583. The van der Waals surface area contributed by atoms with E-state index in [-0.39, 0.29) is 0 Å². The summed E-state index contributed by atoms with van der Waals surface area (Å²) in [5.41, 5.74) is 6.36. The number of hydrogen-bond acceptors (Lipinski definition) is 4. The van der Waals surface area contributed by atoms with Crippen LogP contribution in [-0.4, -0.2) is 37.3 Å². The maximum atomic E-state index is 12.3. The van der Waals surface area contributed by atoms with Crippen LogP contribution >= 0.6 is 15.9 Å². The molecule has 1 aliphatic heterocycles. The Kier molecular flexibility index (Phi) is 5.00. The number of hydrogen-bond donors (Lipinski definition) is 2. The first-order valence-electron chi connectivity index (χ1n) is 6.53. The minimum Gasteiger partial charge on any atom is -0.330 e. The van der Waals surface area contributed by atoms with E-state index in [4.69, 9.17) is 5.73 Å². The van der Waals surface area contributed by atoms with Crippen LogP contribution in [0.3, 0.4) is 0 Å². The van der Waals surface area contributed by atoms with Crippen LogP contribution in [0.1, 0.15) is 18.5 Å². The van der Waals surface area contributed by atoms with Gasteiger partial charge in [-0.1, -0.05) is 0 Å². The third-order valence-electron chi connectivity index (χ3n) is 3.50. The Morgan fingerprint density at radius 3 is 2.65 bits per heavy atom. The predicted octanol–water partition coefficient (Wildman–Crippen LogP) is 1.48. The van der Waals surface area contributed by atoms with Gasteiger partial charge in [0.2, 0.25) is 0 Å². The molecule has 0 amide bonds. The number of aromatic nitrogens is 1. The summed E-state index contributed by atoms with van der Waals surface area (Å²) in [6.07, 6.45) is 1.62. The number of anilines is 1. The third kappa shape index (κ3) is 3.69. The molecular weight excluding hydrogens is 344 g/mol. The van der Waals surface area contributed by atoms with Crippen molar-refractivity contribution in [3.05, 3.63) is 22.3 Å². The van der Waals surface area contributed by atoms with Crippen molar-refractivity contribution in [2.45, 2.75) is 19.8 Å². The van der Waals surface area contributed by atoms with Crippen molar-refractivity contribution in [3.63, 3.8) is 0 Å². The average molecular weight is 363 g/mol. The molecule has 0 saturated carbocycles. The minimum absolute atomic E-state index is 0.339. The summed E-state index contributed by atoms with van der Waals surface area (Å²) in [7, 11) is -3.53. The summed E-state index contributed by atoms with van der Waals surface area (Å²) in [5, 5.41) is 0. The summed E-state index contributed by atoms with van der Waals surface area (Å²) >= 11 is 3.34. The number of rotatable bonds is 4. The monoisotopic (exact) mass is 362 g/mol. The molecule has 2 rings (SSSR count). The van der Waals surface area contributed by atoms with Gasteiger partial charge in [-0.15, -0.1) is 0 Å². The van der Waals surface area contributed by atoms with Gasteiger partial charge in [0.15, 0.2) is 0 Å². The molecule has 1 fully saturated rings. The highest BCUT2D eigenvalue weighted by atomic mass is 79.9. The lowest BCUT2D eigenvalue weighted by atomic mass is 9.99. The fourth-order valence-corrected chi connectivity index (χ4v) is 3.60. The average Bonchev–Trinajstić information content (AvgIpc) is 2.43. The van der Waals surface area contributed by atoms with E-state index in [1.165, 1.54) is 4.31 Å². The standard InChI is InChI=1S/C12H19BrN4O2S/c1-9-11(13)2-3-12(15-9)16-20(18,19)17-6-4-10(8-14)5-7-17/h2-3,10H,4-8,14H2,1H3,(H,15,16). The molecule has 0 aromatic carbocycles. The first-order chi connectivity index (χ1) is 9.42. The smallest absolute Gasteiger partial charge is 0.302 e. The van der Waals surface area contributed by atoms with Gasteiger partial charge < -0.3 is 5.73 Å². The second kappa shape index (κ2) is 6.38. The number of piperidine rings is 1. The van der Waals surface area contributed by atoms with Gasteiger partial charge in [-0.3, -0.25) is 4.72 Å². The van der Waals surface area contributed by atoms with Gasteiger partial charge >= 0.3 is 10.2 Å². The van der Waals surface area contributed by atoms with Crippen LogP contribution < -0.4 is 10.5 Å². The molecule has 0 spiro atoms. The second-order valence-electron chi connectivity index (χ2n) is 4.95. The number of halogens is 1. The summed E-state index contributed by atoms with van der Waals surface area (Å²) < 4.78 is 29.4. The quantitative estimate of drug-likeness (QED) is 0.848. The Labute approximate surface area is 128 Å². The normalized spacial score (nSPS) is 18.1. The number of pyridine rings is 1. The summed E-state index contributed by atoms with van der Waals surface area (Å²) in [6, 6.07) is 3.42. The molecule has 0 unspecified atom stereocenters. The Bertz CT molecular complexity index is 571. The van der Waals surface area contributed by atoms with E-state index in [0.717, 1.165) is 23.0 Å². The molecule has 3 N–H and O–H groups in total. The van der Waals surface area contributed by atoms with Crippen molar-refractivity contribution >= 4 is 32.0 Å². The first kappa shape index (κ1) is 15.7. The number of nitrogens with one attached hydrogen (secondary N) is 1. The number of nitrogens with two attached hydrogens (primary N) is 1. The maximum absolute atomic E-state index is 12.3. The van der Waals surface area contributed by atoms with Gasteiger partial charge in [-0.25, -0.2) is 4.98 Å². The van der Waals surface area contributed by atoms with Gasteiger partial charge in [0, 0.05) is 17.6 Å². The molecule has 1 aromatic heterocycles. The second-order valence-corrected chi connectivity index (χ2v) is 7.47. The van der Waals surface area contributed by atoms with Crippen LogP contribution in [0.25, 0.3) is 0 Å². The molecule has 1 aromatic rings. The topological polar surface area (TPSA) is 88.3 Å². The first-order valence-corrected chi connectivity index (χ1v) is 8.77. The maximum Gasteiger partial charge on any atom is 0.302 e. The molecule has 0 bridgehead atoms. The zero-order chi connectivity index (χ0) is 14.8. The van der Waals surface area contributed by atoms with Crippen LogP contribution in [-0.2, 0) is 10.2 Å². The third-order valence-corrected chi connectivity index (χ3v) is 5.85. The van der Waals surface area contributed by atoms with Gasteiger partial charge in [0.1, 0.15) is 5.82 Å². The minimum atomic E-state index is -3.53. The lowest BCUT2D eigenvalue weighted by molar-refractivity contribution is 0.280. The van der Waals surface area contributed by atoms with Crippen molar-refractivity contribution in [2.75, 3.05) is 24.4 Å². The molecule has 8 heteroatoms. The Morgan fingerprint density at radius 2 is 2.10 bits per heavy atom. The molecule has 20 heavy (non-hydrogen) atoms. The van der Waals surface area contributed by atoms with Crippen molar-refractivity contribution < 1.29 is 8.42 Å². The highest BCUT2D eigenvalue weighted by molar-refractivity contribution is 9.10. The van der Waals surface area contributed by atoms with Crippen molar-refractivity contribution in [3.8, 4) is 0 Å². The van der Waals surface area contributed by atoms with Crippen LogP contribution in [0.15, 0.2) is 16.6 Å². The van der Waals surface area contributed by atoms with Crippen molar-refractivity contribution in [1.29, 1.82) is 0 Å². The molecule has 1 saturated heterocycles.